The van der Waals surface area contributed by atoms with Gasteiger partial charge in [-0.3, -0.25) is 4.79 Å². The van der Waals surface area contributed by atoms with Gasteiger partial charge in [0.05, 0.1) is 0 Å². The van der Waals surface area contributed by atoms with Crippen molar-refractivity contribution in [3.63, 3.8) is 0 Å². The van der Waals surface area contributed by atoms with Crippen LogP contribution in [0.5, 0.6) is 5.75 Å². The van der Waals surface area contributed by atoms with Crippen LogP contribution in [0.1, 0.15) is 23.6 Å². The highest BCUT2D eigenvalue weighted by atomic mass is 35.5. The van der Waals surface area contributed by atoms with Crippen molar-refractivity contribution in [2.45, 2.75) is 33.8 Å². The Labute approximate surface area is 158 Å². The summed E-state index contributed by atoms with van der Waals surface area (Å²) in [5.74, 6) is -0.398. The molecule has 0 unspecified atom stereocenters. The third-order valence-electron chi connectivity index (χ3n) is 3.95. The number of esters is 1. The number of aryl methyl sites for hydroxylation is 2. The molecular weight excluding hydrogens is 354 g/mol. The van der Waals surface area contributed by atoms with Gasteiger partial charge in [-0.25, -0.2) is 4.79 Å². The molecule has 0 spiro atoms. The zero-order chi connectivity index (χ0) is 19.3. The first-order chi connectivity index (χ1) is 12.3. The topological polar surface area (TPSA) is 64.6 Å². The number of hydrogen-bond acceptors (Lipinski definition) is 4. The lowest BCUT2D eigenvalue weighted by Gasteiger charge is -2.16. The number of hydrogen-bond donors (Lipinski definition) is 1. The second kappa shape index (κ2) is 8.72. The molecule has 0 aliphatic heterocycles. The van der Waals surface area contributed by atoms with Gasteiger partial charge in [-0.1, -0.05) is 35.9 Å². The van der Waals surface area contributed by atoms with Crippen LogP contribution in [0.15, 0.2) is 36.4 Å². The van der Waals surface area contributed by atoms with Crippen LogP contribution in [-0.4, -0.2) is 24.6 Å². The number of carbonyl (C=O) groups is 2. The number of ether oxygens (including phenoxy) is 2. The fourth-order valence-corrected chi connectivity index (χ4v) is 2.59. The van der Waals surface area contributed by atoms with Gasteiger partial charge >= 0.3 is 5.97 Å². The van der Waals surface area contributed by atoms with Gasteiger partial charge in [0.2, 0.25) is 0 Å². The minimum Gasteiger partial charge on any atom is -0.481 e. The van der Waals surface area contributed by atoms with Crippen LogP contribution in [0.25, 0.3) is 0 Å². The van der Waals surface area contributed by atoms with E-state index < -0.39 is 18.0 Å². The van der Waals surface area contributed by atoms with E-state index in [2.05, 4.69) is 5.32 Å². The molecule has 2 aromatic carbocycles. The van der Waals surface area contributed by atoms with E-state index in [9.17, 15) is 9.59 Å². The number of halogens is 1. The number of rotatable bonds is 6. The second-order valence-electron chi connectivity index (χ2n) is 6.04. The highest BCUT2D eigenvalue weighted by Gasteiger charge is 2.19. The van der Waals surface area contributed by atoms with E-state index in [1.54, 1.807) is 25.1 Å². The van der Waals surface area contributed by atoms with Crippen molar-refractivity contribution in [2.24, 2.45) is 0 Å². The maximum atomic E-state index is 12.2. The quantitative estimate of drug-likeness (QED) is 0.768. The van der Waals surface area contributed by atoms with Crippen molar-refractivity contribution >= 4 is 29.2 Å². The van der Waals surface area contributed by atoms with E-state index in [-0.39, 0.29) is 6.61 Å². The molecule has 1 N–H and O–H groups in total. The van der Waals surface area contributed by atoms with Crippen molar-refractivity contribution in [2.75, 3.05) is 11.9 Å². The summed E-state index contributed by atoms with van der Waals surface area (Å²) in [7, 11) is 0. The Balaban J connectivity index is 1.90. The van der Waals surface area contributed by atoms with Crippen LogP contribution >= 0.6 is 11.6 Å². The Bertz CT molecular complexity index is 799. The monoisotopic (exact) mass is 375 g/mol. The molecule has 26 heavy (non-hydrogen) atoms. The van der Waals surface area contributed by atoms with Crippen LogP contribution in [0.2, 0.25) is 5.02 Å². The van der Waals surface area contributed by atoms with Crippen LogP contribution in [0.3, 0.4) is 0 Å². The van der Waals surface area contributed by atoms with Gasteiger partial charge < -0.3 is 14.8 Å². The summed E-state index contributed by atoms with van der Waals surface area (Å²) in [6, 6.07) is 10.9. The Morgan fingerprint density at radius 2 is 1.69 bits per heavy atom. The summed E-state index contributed by atoms with van der Waals surface area (Å²) < 4.78 is 10.7. The van der Waals surface area contributed by atoms with Crippen molar-refractivity contribution < 1.29 is 19.1 Å². The number of nitrogens with one attached hydrogen (secondary N) is 1. The molecule has 2 rings (SSSR count). The third kappa shape index (κ3) is 4.99. The van der Waals surface area contributed by atoms with Gasteiger partial charge in [0, 0.05) is 10.7 Å². The first-order valence-electron chi connectivity index (χ1n) is 8.24. The summed E-state index contributed by atoms with van der Waals surface area (Å²) in [5, 5.41) is 3.26. The number of benzene rings is 2. The smallest absolute Gasteiger partial charge is 0.344 e. The van der Waals surface area contributed by atoms with Crippen molar-refractivity contribution in [3.8, 4) is 5.75 Å². The van der Waals surface area contributed by atoms with Crippen LogP contribution in [0, 0.1) is 20.8 Å². The molecule has 0 heterocycles. The molecular formula is C20H22ClNO4. The lowest BCUT2D eigenvalue weighted by Crippen LogP contribution is -2.32. The van der Waals surface area contributed by atoms with Crippen LogP contribution in [-0.2, 0) is 14.3 Å². The number of amides is 1. The van der Waals surface area contributed by atoms with Crippen LogP contribution in [0.4, 0.5) is 5.69 Å². The van der Waals surface area contributed by atoms with Gasteiger partial charge in [0.25, 0.3) is 5.91 Å². The Hall–Kier alpha value is -2.53. The zero-order valence-corrected chi connectivity index (χ0v) is 16.0. The summed E-state index contributed by atoms with van der Waals surface area (Å²) in [6.07, 6.45) is -0.956. The predicted octanol–water partition coefficient (Wildman–Crippen LogP) is 4.21. The van der Waals surface area contributed by atoms with Crippen molar-refractivity contribution in [3.05, 3.63) is 58.1 Å². The highest BCUT2D eigenvalue weighted by Crippen LogP contribution is 2.23. The maximum Gasteiger partial charge on any atom is 0.344 e. The Morgan fingerprint density at radius 3 is 2.35 bits per heavy atom. The Kier molecular flexibility index (Phi) is 6.64. The second-order valence-corrected chi connectivity index (χ2v) is 6.45. The fraction of sp³-hybridized carbons (Fsp3) is 0.300. The molecule has 0 aromatic heterocycles. The normalized spacial score (nSPS) is 11.6. The molecule has 0 aliphatic rings. The molecule has 0 saturated heterocycles. The van der Waals surface area contributed by atoms with Gasteiger partial charge in [-0.15, -0.1) is 0 Å². The molecule has 1 amide bonds. The first-order valence-corrected chi connectivity index (χ1v) is 8.62. The number of para-hydroxylation sites is 1. The first kappa shape index (κ1) is 19.8. The lowest BCUT2D eigenvalue weighted by atomic mass is 10.1. The SMILES string of the molecule is Cc1cccc(C)c1OCC(=O)O[C@H](C)C(=O)Nc1cccc(Cl)c1C. The standard InChI is InChI=1S/C20H22ClNO4/c1-12-7-5-8-13(2)19(12)25-11-18(23)26-15(4)20(24)22-17-10-6-9-16(21)14(17)3/h5-10,15H,11H2,1-4H3,(H,22,24)/t15-/m1/s1. The number of anilines is 1. The minimum absolute atomic E-state index is 0.264. The lowest BCUT2D eigenvalue weighted by molar-refractivity contribution is -0.155. The molecule has 6 heteroatoms. The molecule has 2 aromatic rings. The van der Waals surface area contributed by atoms with Gasteiger partial charge in [0.1, 0.15) is 5.75 Å². The molecule has 5 nitrogen and oxygen atoms in total. The predicted molar refractivity (Wildman–Crippen MR) is 102 cm³/mol. The molecule has 0 saturated carbocycles. The fourth-order valence-electron chi connectivity index (χ4n) is 2.42. The van der Waals surface area contributed by atoms with Gasteiger partial charge in [-0.2, -0.15) is 0 Å². The van der Waals surface area contributed by atoms with E-state index in [4.69, 9.17) is 21.1 Å². The van der Waals surface area contributed by atoms with E-state index in [1.165, 1.54) is 6.92 Å². The van der Waals surface area contributed by atoms with E-state index >= 15 is 0 Å². The molecule has 0 fully saturated rings. The summed E-state index contributed by atoms with van der Waals surface area (Å²) in [5.41, 5.74) is 3.19. The summed E-state index contributed by atoms with van der Waals surface area (Å²) >= 11 is 6.03. The van der Waals surface area contributed by atoms with Crippen molar-refractivity contribution in [1.82, 2.24) is 0 Å². The molecule has 1 atom stereocenters. The highest BCUT2D eigenvalue weighted by molar-refractivity contribution is 6.31. The Morgan fingerprint density at radius 1 is 1.08 bits per heavy atom. The largest absolute Gasteiger partial charge is 0.481 e. The van der Waals surface area contributed by atoms with E-state index in [0.29, 0.717) is 16.5 Å². The van der Waals surface area contributed by atoms with E-state index in [1.807, 2.05) is 32.0 Å². The van der Waals surface area contributed by atoms with Gasteiger partial charge in [0.15, 0.2) is 12.7 Å². The molecule has 0 aliphatic carbocycles. The molecule has 0 radical (unpaired) electrons. The van der Waals surface area contributed by atoms with Gasteiger partial charge in [-0.05, 0) is 56.5 Å². The zero-order valence-electron chi connectivity index (χ0n) is 15.3. The third-order valence-corrected chi connectivity index (χ3v) is 4.36. The van der Waals surface area contributed by atoms with Crippen LogP contribution < -0.4 is 10.1 Å². The summed E-state index contributed by atoms with van der Waals surface area (Å²) in [6.45, 7) is 6.84. The van der Waals surface area contributed by atoms with E-state index in [0.717, 1.165) is 16.7 Å². The van der Waals surface area contributed by atoms with Crippen molar-refractivity contribution in [1.29, 1.82) is 0 Å². The molecule has 138 valence electrons. The summed E-state index contributed by atoms with van der Waals surface area (Å²) in [4.78, 5) is 24.2. The minimum atomic E-state index is -0.956. The maximum absolute atomic E-state index is 12.2. The number of carbonyl (C=O) groups excluding carboxylic acids is 2. The molecule has 0 bridgehead atoms. The average Bonchev–Trinajstić information content (AvgIpc) is 2.58. The average molecular weight is 376 g/mol.